The second kappa shape index (κ2) is 6.23. The Bertz CT molecular complexity index is 448. The summed E-state index contributed by atoms with van der Waals surface area (Å²) in [6.45, 7) is 0.165. The molecule has 0 bridgehead atoms. The summed E-state index contributed by atoms with van der Waals surface area (Å²) < 4.78 is 0. The Morgan fingerprint density at radius 2 is 1.72 bits per heavy atom. The van der Waals surface area contributed by atoms with Crippen molar-refractivity contribution in [1.82, 2.24) is 4.90 Å². The van der Waals surface area contributed by atoms with Crippen LogP contribution in [0, 0.1) is 0 Å². The average molecular weight is 271 g/mol. The van der Waals surface area contributed by atoms with Gasteiger partial charge in [-0.05, 0) is 17.7 Å². The summed E-state index contributed by atoms with van der Waals surface area (Å²) in [5.41, 5.74) is 17.1. The molecule has 0 atom stereocenters. The predicted molar refractivity (Wildman–Crippen MR) is 69.5 cm³/mol. The molecule has 0 aliphatic carbocycles. The fraction of sp³-hybridized carbons (Fsp3) is 0.273. The molecule has 1 aromatic carbocycles. The quantitative estimate of drug-likeness (QED) is 0.615. The minimum atomic E-state index is -0.539. The third kappa shape index (κ3) is 4.60. The number of carbonyl (C=O) groups excluding carboxylic acids is 2. The lowest BCUT2D eigenvalue weighted by molar-refractivity contribution is -0.122. The van der Waals surface area contributed by atoms with Gasteiger partial charge in [0, 0.05) is 17.3 Å². The van der Waals surface area contributed by atoms with Gasteiger partial charge in [-0.25, -0.2) is 0 Å². The maximum absolute atomic E-state index is 10.9. The van der Waals surface area contributed by atoms with Crippen LogP contribution in [0.5, 0.6) is 0 Å². The summed E-state index contributed by atoms with van der Waals surface area (Å²) in [4.78, 5) is 23.3. The normalized spacial score (nSPS) is 10.6. The van der Waals surface area contributed by atoms with Crippen LogP contribution in [-0.4, -0.2) is 29.8 Å². The number of anilines is 1. The van der Waals surface area contributed by atoms with E-state index in [0.29, 0.717) is 17.3 Å². The molecule has 0 aliphatic rings. The number of amides is 2. The van der Waals surface area contributed by atoms with E-state index in [1.54, 1.807) is 18.2 Å². The number of carbonyl (C=O) groups is 2. The van der Waals surface area contributed by atoms with E-state index in [2.05, 4.69) is 0 Å². The molecular weight excluding hydrogens is 256 g/mol. The molecule has 0 heterocycles. The van der Waals surface area contributed by atoms with Gasteiger partial charge in [-0.1, -0.05) is 17.7 Å². The lowest BCUT2D eigenvalue weighted by atomic mass is 10.2. The van der Waals surface area contributed by atoms with E-state index in [1.807, 2.05) is 0 Å². The maximum Gasteiger partial charge on any atom is 0.231 e. The van der Waals surface area contributed by atoms with Crippen molar-refractivity contribution < 1.29 is 9.59 Å². The fourth-order valence-electron chi connectivity index (χ4n) is 1.54. The van der Waals surface area contributed by atoms with Crippen LogP contribution >= 0.6 is 11.6 Å². The first kappa shape index (κ1) is 14.3. The summed E-state index contributed by atoms with van der Waals surface area (Å²) in [7, 11) is 0. The van der Waals surface area contributed by atoms with Crippen molar-refractivity contribution in [3.8, 4) is 0 Å². The zero-order valence-electron chi connectivity index (χ0n) is 9.73. The molecule has 0 fully saturated rings. The molecule has 7 heteroatoms. The molecule has 0 radical (unpaired) electrons. The molecule has 6 nitrogen and oxygen atoms in total. The van der Waals surface area contributed by atoms with Gasteiger partial charge < -0.3 is 17.2 Å². The van der Waals surface area contributed by atoms with Gasteiger partial charge in [-0.2, -0.15) is 0 Å². The van der Waals surface area contributed by atoms with Crippen LogP contribution in [0.4, 0.5) is 5.69 Å². The Morgan fingerprint density at radius 3 is 2.17 bits per heavy atom. The van der Waals surface area contributed by atoms with Crippen LogP contribution < -0.4 is 17.2 Å². The SMILES string of the molecule is NC(=O)CN(CC(N)=O)Cc1ccc(N)cc1Cl. The highest BCUT2D eigenvalue weighted by atomic mass is 35.5. The molecule has 1 rings (SSSR count). The monoisotopic (exact) mass is 270 g/mol. The van der Waals surface area contributed by atoms with Crippen molar-refractivity contribution in [1.29, 1.82) is 0 Å². The Kier molecular flexibility index (Phi) is 4.94. The molecule has 0 aliphatic heterocycles. The van der Waals surface area contributed by atoms with Gasteiger partial charge in [0.15, 0.2) is 0 Å². The van der Waals surface area contributed by atoms with E-state index < -0.39 is 11.8 Å². The average Bonchev–Trinajstić information content (AvgIpc) is 2.20. The maximum atomic E-state index is 10.9. The third-order valence-corrected chi connectivity index (χ3v) is 2.58. The minimum Gasteiger partial charge on any atom is -0.399 e. The van der Waals surface area contributed by atoms with E-state index in [0.717, 1.165) is 5.56 Å². The van der Waals surface area contributed by atoms with Gasteiger partial charge in [0.25, 0.3) is 0 Å². The van der Waals surface area contributed by atoms with Crippen molar-refractivity contribution in [3.05, 3.63) is 28.8 Å². The molecule has 0 spiro atoms. The van der Waals surface area contributed by atoms with Crippen LogP contribution in [0.2, 0.25) is 5.02 Å². The van der Waals surface area contributed by atoms with E-state index in [9.17, 15) is 9.59 Å². The molecule has 18 heavy (non-hydrogen) atoms. The third-order valence-electron chi connectivity index (χ3n) is 2.23. The van der Waals surface area contributed by atoms with Crippen molar-refractivity contribution in [2.24, 2.45) is 11.5 Å². The van der Waals surface area contributed by atoms with Crippen LogP contribution in [0.15, 0.2) is 18.2 Å². The molecular formula is C11H15ClN4O2. The number of primary amides is 2. The van der Waals surface area contributed by atoms with Crippen LogP contribution in [0.25, 0.3) is 0 Å². The zero-order valence-corrected chi connectivity index (χ0v) is 10.5. The van der Waals surface area contributed by atoms with Gasteiger partial charge in [-0.3, -0.25) is 14.5 Å². The van der Waals surface area contributed by atoms with Gasteiger partial charge in [-0.15, -0.1) is 0 Å². The van der Waals surface area contributed by atoms with E-state index in [-0.39, 0.29) is 13.1 Å². The first-order valence-electron chi connectivity index (χ1n) is 5.21. The zero-order chi connectivity index (χ0) is 13.7. The molecule has 98 valence electrons. The summed E-state index contributed by atoms with van der Waals surface area (Å²) in [6, 6.07) is 5.02. The number of halogens is 1. The Morgan fingerprint density at radius 1 is 1.17 bits per heavy atom. The van der Waals surface area contributed by atoms with Crippen molar-refractivity contribution >= 4 is 29.1 Å². The molecule has 6 N–H and O–H groups in total. The van der Waals surface area contributed by atoms with Crippen molar-refractivity contribution in [2.75, 3.05) is 18.8 Å². The van der Waals surface area contributed by atoms with Crippen LogP contribution in [-0.2, 0) is 16.1 Å². The summed E-state index contributed by atoms with van der Waals surface area (Å²) >= 11 is 6.01. The summed E-state index contributed by atoms with van der Waals surface area (Å²) in [5.74, 6) is -1.08. The molecule has 2 amide bonds. The first-order chi connectivity index (χ1) is 8.38. The Balaban J connectivity index is 2.81. The summed E-state index contributed by atoms with van der Waals surface area (Å²) in [6.07, 6.45) is 0. The first-order valence-corrected chi connectivity index (χ1v) is 5.59. The Hall–Kier alpha value is -1.79. The highest BCUT2D eigenvalue weighted by Gasteiger charge is 2.13. The van der Waals surface area contributed by atoms with Crippen molar-refractivity contribution in [2.45, 2.75) is 6.54 Å². The second-order valence-electron chi connectivity index (χ2n) is 3.93. The van der Waals surface area contributed by atoms with Gasteiger partial charge in [0.2, 0.25) is 11.8 Å². The summed E-state index contributed by atoms with van der Waals surface area (Å²) in [5, 5.41) is 0.467. The molecule has 0 aromatic heterocycles. The molecule has 0 unspecified atom stereocenters. The van der Waals surface area contributed by atoms with Crippen LogP contribution in [0.1, 0.15) is 5.56 Å². The fourth-order valence-corrected chi connectivity index (χ4v) is 1.79. The van der Waals surface area contributed by atoms with Crippen LogP contribution in [0.3, 0.4) is 0 Å². The van der Waals surface area contributed by atoms with E-state index in [4.69, 9.17) is 28.8 Å². The lowest BCUT2D eigenvalue weighted by Crippen LogP contribution is -2.39. The predicted octanol–water partition coefficient (Wildman–Crippen LogP) is -0.305. The molecule has 1 aromatic rings. The highest BCUT2D eigenvalue weighted by Crippen LogP contribution is 2.20. The second-order valence-corrected chi connectivity index (χ2v) is 4.34. The van der Waals surface area contributed by atoms with Gasteiger partial charge >= 0.3 is 0 Å². The number of nitrogen functional groups attached to an aromatic ring is 1. The highest BCUT2D eigenvalue weighted by molar-refractivity contribution is 6.31. The topological polar surface area (TPSA) is 115 Å². The van der Waals surface area contributed by atoms with E-state index in [1.165, 1.54) is 4.90 Å². The van der Waals surface area contributed by atoms with Crippen molar-refractivity contribution in [3.63, 3.8) is 0 Å². The largest absolute Gasteiger partial charge is 0.399 e. The number of nitrogens with two attached hydrogens (primary N) is 3. The number of hydrogen-bond acceptors (Lipinski definition) is 4. The van der Waals surface area contributed by atoms with Gasteiger partial charge in [0.1, 0.15) is 0 Å². The Labute approximate surface area is 110 Å². The smallest absolute Gasteiger partial charge is 0.231 e. The number of nitrogens with zero attached hydrogens (tertiary/aromatic N) is 1. The molecule has 0 saturated heterocycles. The molecule has 0 saturated carbocycles. The lowest BCUT2D eigenvalue weighted by Gasteiger charge is -2.19. The standard InChI is InChI=1S/C11H15ClN4O2/c12-9-3-8(13)2-1-7(9)4-16(5-10(14)17)6-11(15)18/h1-3H,4-6,13H2,(H2,14,17)(H2,15,18). The minimum absolute atomic E-state index is 0.0658. The number of hydrogen-bond donors (Lipinski definition) is 3. The van der Waals surface area contributed by atoms with E-state index >= 15 is 0 Å². The number of rotatable bonds is 6. The van der Waals surface area contributed by atoms with Gasteiger partial charge in [0.05, 0.1) is 13.1 Å². The number of benzene rings is 1.